The van der Waals surface area contributed by atoms with Crippen molar-refractivity contribution in [3.63, 3.8) is 0 Å². The number of benzene rings is 1. The lowest BCUT2D eigenvalue weighted by atomic mass is 10.1. The number of carbonyl (C=O) groups is 1. The fraction of sp³-hybridized carbons (Fsp3) is 0.368. The Balaban J connectivity index is 1.32. The average molecular weight is 358 g/mol. The average Bonchev–Trinajstić information content (AvgIpc) is 3.06. The number of halogens is 1. The van der Waals surface area contributed by atoms with E-state index in [1.807, 2.05) is 41.4 Å². The number of rotatable bonds is 3. The number of hydrogen-bond acceptors (Lipinski definition) is 4. The Morgan fingerprint density at radius 3 is 2.80 bits per heavy atom. The maximum Gasteiger partial charge on any atom is 0.264 e. The van der Waals surface area contributed by atoms with Gasteiger partial charge >= 0.3 is 0 Å². The topological polar surface area (TPSA) is 45.7 Å². The molecule has 1 amide bonds. The monoisotopic (exact) mass is 357 g/mol. The Morgan fingerprint density at radius 1 is 1.20 bits per heavy atom. The number of aromatic nitrogens is 1. The van der Waals surface area contributed by atoms with Crippen LogP contribution in [0.2, 0.25) is 5.02 Å². The maximum atomic E-state index is 12.8. The first-order valence-corrected chi connectivity index (χ1v) is 8.93. The molecule has 1 aromatic heterocycles. The summed E-state index contributed by atoms with van der Waals surface area (Å²) in [4.78, 5) is 21.4. The second kappa shape index (κ2) is 7.02. The molecule has 2 aromatic rings. The van der Waals surface area contributed by atoms with Gasteiger partial charge < -0.3 is 9.64 Å². The van der Waals surface area contributed by atoms with Gasteiger partial charge in [-0.15, -0.1) is 0 Å². The molecule has 1 fully saturated rings. The molecule has 3 heterocycles. The highest BCUT2D eigenvalue weighted by Crippen LogP contribution is 2.31. The van der Waals surface area contributed by atoms with Crippen molar-refractivity contribution < 1.29 is 9.53 Å². The Bertz CT molecular complexity index is 761. The van der Waals surface area contributed by atoms with Crippen LogP contribution < -0.4 is 4.74 Å². The molecule has 25 heavy (non-hydrogen) atoms. The van der Waals surface area contributed by atoms with Crippen molar-refractivity contribution in [3.8, 4) is 5.75 Å². The van der Waals surface area contributed by atoms with E-state index in [0.29, 0.717) is 11.4 Å². The van der Waals surface area contributed by atoms with Gasteiger partial charge in [-0.2, -0.15) is 0 Å². The number of hydrogen-bond donors (Lipinski definition) is 0. The van der Waals surface area contributed by atoms with E-state index < -0.39 is 6.10 Å². The zero-order valence-corrected chi connectivity index (χ0v) is 14.7. The number of ether oxygens (including phenoxy) is 1. The highest BCUT2D eigenvalue weighted by atomic mass is 35.5. The minimum Gasteiger partial charge on any atom is -0.480 e. The lowest BCUT2D eigenvalue weighted by Gasteiger charge is -2.35. The molecule has 4 rings (SSSR count). The Hall–Kier alpha value is -2.11. The summed E-state index contributed by atoms with van der Waals surface area (Å²) in [5.74, 6) is 0.848. The molecule has 0 N–H and O–H groups in total. The van der Waals surface area contributed by atoms with Gasteiger partial charge in [0.25, 0.3) is 5.91 Å². The minimum atomic E-state index is -0.421. The molecule has 0 aliphatic carbocycles. The summed E-state index contributed by atoms with van der Waals surface area (Å²) in [5.41, 5.74) is 2.08. The first-order chi connectivity index (χ1) is 12.2. The molecule has 0 spiro atoms. The van der Waals surface area contributed by atoms with E-state index in [1.165, 1.54) is 0 Å². The van der Waals surface area contributed by atoms with E-state index in [9.17, 15) is 4.79 Å². The van der Waals surface area contributed by atoms with E-state index >= 15 is 0 Å². The van der Waals surface area contributed by atoms with Gasteiger partial charge in [0.05, 0.1) is 5.69 Å². The molecule has 1 atom stereocenters. The van der Waals surface area contributed by atoms with Gasteiger partial charge in [-0.05, 0) is 35.9 Å². The molecule has 130 valence electrons. The number of carbonyl (C=O) groups excluding carboxylic acids is 1. The fourth-order valence-corrected chi connectivity index (χ4v) is 3.60. The van der Waals surface area contributed by atoms with Crippen LogP contribution in [0.1, 0.15) is 11.3 Å². The first-order valence-electron chi connectivity index (χ1n) is 8.55. The van der Waals surface area contributed by atoms with Crippen LogP contribution in [0.15, 0.2) is 42.6 Å². The molecule has 1 saturated heterocycles. The number of nitrogens with zero attached hydrogens (tertiary/aromatic N) is 3. The van der Waals surface area contributed by atoms with Crippen LogP contribution in [0.5, 0.6) is 5.75 Å². The number of pyridine rings is 1. The van der Waals surface area contributed by atoms with Crippen molar-refractivity contribution in [2.24, 2.45) is 0 Å². The number of amides is 1. The van der Waals surface area contributed by atoms with Crippen LogP contribution in [0, 0.1) is 0 Å². The summed E-state index contributed by atoms with van der Waals surface area (Å²) in [5, 5.41) is 0.679. The number of piperazine rings is 1. The van der Waals surface area contributed by atoms with Gasteiger partial charge in [0.1, 0.15) is 5.75 Å². The molecule has 1 unspecified atom stereocenters. The maximum absolute atomic E-state index is 12.8. The third-order valence-corrected chi connectivity index (χ3v) is 5.00. The van der Waals surface area contributed by atoms with Gasteiger partial charge in [0, 0.05) is 50.4 Å². The van der Waals surface area contributed by atoms with Gasteiger partial charge in [-0.1, -0.05) is 17.7 Å². The predicted molar refractivity (Wildman–Crippen MR) is 95.7 cm³/mol. The molecule has 6 heteroatoms. The summed E-state index contributed by atoms with van der Waals surface area (Å²) in [7, 11) is 0. The van der Waals surface area contributed by atoms with E-state index in [1.54, 1.807) is 6.07 Å². The SMILES string of the molecule is O=C(C1Cc2cc(Cl)ccc2O1)N1CCN(Cc2ccccn2)CC1. The third-order valence-electron chi connectivity index (χ3n) is 4.77. The molecule has 1 aromatic carbocycles. The van der Waals surface area contributed by atoms with Crippen LogP contribution >= 0.6 is 11.6 Å². The van der Waals surface area contributed by atoms with Crippen LogP contribution in [0.4, 0.5) is 0 Å². The third kappa shape index (κ3) is 3.62. The quantitative estimate of drug-likeness (QED) is 0.846. The summed E-state index contributed by atoms with van der Waals surface area (Å²) in [6.07, 6.45) is 2.00. The molecule has 0 saturated carbocycles. The van der Waals surface area contributed by atoms with Crippen LogP contribution in [-0.4, -0.2) is 53.0 Å². The molecule has 2 aliphatic rings. The number of fused-ring (bicyclic) bond motifs is 1. The van der Waals surface area contributed by atoms with E-state index in [-0.39, 0.29) is 5.91 Å². The molecular formula is C19H20ClN3O2. The van der Waals surface area contributed by atoms with Crippen molar-refractivity contribution in [1.29, 1.82) is 0 Å². The largest absolute Gasteiger partial charge is 0.480 e. The second-order valence-electron chi connectivity index (χ2n) is 6.49. The highest BCUT2D eigenvalue weighted by molar-refractivity contribution is 6.30. The standard InChI is InChI=1S/C19H20ClN3O2/c20-15-4-5-17-14(11-15)12-18(25-17)19(24)23-9-7-22(8-10-23)13-16-3-1-2-6-21-16/h1-6,11,18H,7-10,12-13H2. The molecule has 5 nitrogen and oxygen atoms in total. The van der Waals surface area contributed by atoms with Gasteiger partial charge in [-0.3, -0.25) is 14.7 Å². The second-order valence-corrected chi connectivity index (χ2v) is 6.92. The summed E-state index contributed by atoms with van der Waals surface area (Å²) >= 11 is 6.02. The molecule has 0 bridgehead atoms. The Morgan fingerprint density at radius 2 is 2.04 bits per heavy atom. The van der Waals surface area contributed by atoms with Crippen molar-refractivity contribution in [1.82, 2.24) is 14.8 Å². The Kier molecular flexibility index (Phi) is 4.59. The van der Waals surface area contributed by atoms with E-state index in [4.69, 9.17) is 16.3 Å². The van der Waals surface area contributed by atoms with Crippen molar-refractivity contribution in [2.45, 2.75) is 19.1 Å². The smallest absolute Gasteiger partial charge is 0.264 e. The molecule has 2 aliphatic heterocycles. The highest BCUT2D eigenvalue weighted by Gasteiger charge is 2.33. The van der Waals surface area contributed by atoms with E-state index in [0.717, 1.165) is 49.7 Å². The lowest BCUT2D eigenvalue weighted by molar-refractivity contribution is -0.139. The summed E-state index contributed by atoms with van der Waals surface area (Å²) < 4.78 is 5.83. The minimum absolute atomic E-state index is 0.0739. The van der Waals surface area contributed by atoms with Gasteiger partial charge in [-0.25, -0.2) is 0 Å². The fourth-order valence-electron chi connectivity index (χ4n) is 3.41. The van der Waals surface area contributed by atoms with Crippen molar-refractivity contribution in [3.05, 3.63) is 58.9 Å². The lowest BCUT2D eigenvalue weighted by Crippen LogP contribution is -2.52. The molecule has 0 radical (unpaired) electrons. The van der Waals surface area contributed by atoms with Crippen LogP contribution in [-0.2, 0) is 17.8 Å². The van der Waals surface area contributed by atoms with Crippen molar-refractivity contribution in [2.75, 3.05) is 26.2 Å². The van der Waals surface area contributed by atoms with Crippen molar-refractivity contribution >= 4 is 17.5 Å². The molecular weight excluding hydrogens is 338 g/mol. The van der Waals surface area contributed by atoms with E-state index in [2.05, 4.69) is 9.88 Å². The Labute approximate surface area is 152 Å². The van der Waals surface area contributed by atoms with Crippen LogP contribution in [0.3, 0.4) is 0 Å². The van der Waals surface area contributed by atoms with Gasteiger partial charge in [0.2, 0.25) is 0 Å². The first kappa shape index (κ1) is 16.4. The predicted octanol–water partition coefficient (Wildman–Crippen LogP) is 2.38. The summed E-state index contributed by atoms with van der Waals surface area (Å²) in [6.45, 7) is 3.99. The normalized spacial score (nSPS) is 20.2. The van der Waals surface area contributed by atoms with Gasteiger partial charge in [0.15, 0.2) is 6.10 Å². The zero-order chi connectivity index (χ0) is 17.2. The zero-order valence-electron chi connectivity index (χ0n) is 13.9. The van der Waals surface area contributed by atoms with Crippen LogP contribution in [0.25, 0.3) is 0 Å². The summed E-state index contributed by atoms with van der Waals surface area (Å²) in [6, 6.07) is 11.5.